The summed E-state index contributed by atoms with van der Waals surface area (Å²) in [5, 5.41) is 0. The number of anilines is 4. The van der Waals surface area contributed by atoms with E-state index in [1.165, 1.54) is 145 Å². The Hall–Kier alpha value is -7.42. The molecule has 0 bridgehead atoms. The Morgan fingerprint density at radius 1 is 0.400 bits per heavy atom. The third-order valence-corrected chi connectivity index (χ3v) is 19.8. The van der Waals surface area contributed by atoms with Gasteiger partial charge in [0.2, 0.25) is 0 Å². The highest BCUT2D eigenvalue weighted by molar-refractivity contribution is 5.90. The summed E-state index contributed by atoms with van der Waals surface area (Å²) in [5.41, 5.74) is 36.3. The lowest BCUT2D eigenvalue weighted by atomic mass is 9.58. The van der Waals surface area contributed by atoms with Crippen molar-refractivity contribution in [1.29, 1.82) is 0 Å². The van der Waals surface area contributed by atoms with Crippen molar-refractivity contribution in [3.8, 4) is 22.3 Å². The summed E-state index contributed by atoms with van der Waals surface area (Å²) < 4.78 is 0. The van der Waals surface area contributed by atoms with Crippen molar-refractivity contribution in [1.82, 2.24) is 0 Å². The predicted octanol–water partition coefficient (Wildman–Crippen LogP) is 18.3. The number of benzene rings is 9. The lowest BCUT2D eigenvalue weighted by Crippen LogP contribution is -2.40. The molecule has 0 saturated carbocycles. The summed E-state index contributed by atoms with van der Waals surface area (Å²) >= 11 is 0. The average Bonchev–Trinajstić information content (AvgIpc) is 4.55. The van der Waals surface area contributed by atoms with Gasteiger partial charge in [-0.25, -0.2) is 0 Å². The van der Waals surface area contributed by atoms with Gasteiger partial charge >= 0.3 is 0 Å². The molecule has 4 unspecified atom stereocenters. The summed E-state index contributed by atoms with van der Waals surface area (Å²) in [6.07, 6.45) is 3.19. The maximum absolute atomic E-state index is 2.63. The smallest absolute Gasteiger partial charge is 0.0960 e. The first-order valence-corrected chi connectivity index (χ1v) is 27.9. The highest BCUT2D eigenvalue weighted by Gasteiger charge is 2.57. The van der Waals surface area contributed by atoms with Crippen molar-refractivity contribution in [3.05, 3.63) is 270 Å². The highest BCUT2D eigenvalue weighted by atomic mass is 15.2. The van der Waals surface area contributed by atoms with Gasteiger partial charge in [0.1, 0.15) is 0 Å². The Bertz CT molecular complexity index is 3820. The molecule has 0 radical (unpaired) electrons. The van der Waals surface area contributed by atoms with Crippen LogP contribution in [0.15, 0.2) is 170 Å². The summed E-state index contributed by atoms with van der Waals surface area (Å²) in [6, 6.07) is 67.2. The average molecular weight is 971 g/mol. The molecule has 6 aliphatic rings. The van der Waals surface area contributed by atoms with E-state index in [4.69, 9.17) is 0 Å². The first-order chi connectivity index (χ1) is 36.2. The second-order valence-corrected chi connectivity index (χ2v) is 24.6. The number of fused-ring (bicyclic) bond motifs is 10. The molecule has 368 valence electrons. The van der Waals surface area contributed by atoms with Gasteiger partial charge in [-0.3, -0.25) is 0 Å². The molecular weight excluding hydrogens is 905 g/mol. The van der Waals surface area contributed by atoms with Gasteiger partial charge in [0.25, 0.3) is 0 Å². The van der Waals surface area contributed by atoms with Crippen molar-refractivity contribution in [2.24, 2.45) is 0 Å². The lowest BCUT2D eigenvalue weighted by Gasteiger charge is -2.45. The molecule has 75 heavy (non-hydrogen) atoms. The molecule has 0 fully saturated rings. The van der Waals surface area contributed by atoms with Gasteiger partial charge in [0.15, 0.2) is 0 Å². The Labute approximate surface area is 444 Å². The molecule has 6 aliphatic carbocycles. The fourth-order valence-electron chi connectivity index (χ4n) is 15.1. The van der Waals surface area contributed by atoms with Gasteiger partial charge in [-0.05, 0) is 214 Å². The number of rotatable bonds is 10. The Balaban J connectivity index is 0.715. The quantitative estimate of drug-likeness (QED) is 0.135. The van der Waals surface area contributed by atoms with E-state index in [1.54, 1.807) is 0 Å². The SMILES string of the molecule is CCC1(c2ccc(C3c4cc5c(cc43)C(C)(C)c3cc4c(cc3-5)C4(CC)N(c3ccc(C)cc3)c3ccc(C)cc3)cc2)Cc2cc3c(cc21)C(C)(C)c1cc2c(cc1-3)C2N(c1ccc(C)cc1)c1ccc(C)cc1. The van der Waals surface area contributed by atoms with Crippen LogP contribution in [-0.4, -0.2) is 0 Å². The monoisotopic (exact) mass is 971 g/mol. The molecule has 0 spiro atoms. The van der Waals surface area contributed by atoms with Gasteiger partial charge in [0.05, 0.1) is 11.6 Å². The van der Waals surface area contributed by atoms with E-state index < -0.39 is 0 Å². The zero-order valence-corrected chi connectivity index (χ0v) is 45.3. The van der Waals surface area contributed by atoms with Crippen LogP contribution in [0.5, 0.6) is 0 Å². The predicted molar refractivity (Wildman–Crippen MR) is 312 cm³/mol. The van der Waals surface area contributed by atoms with E-state index in [1.807, 2.05) is 0 Å². The Morgan fingerprint density at radius 3 is 1.33 bits per heavy atom. The minimum absolute atomic E-state index is 0.0329. The normalized spacial score (nSPS) is 21.3. The Morgan fingerprint density at radius 2 is 0.813 bits per heavy atom. The molecule has 0 aromatic heterocycles. The lowest BCUT2D eigenvalue weighted by molar-refractivity contribution is 0.431. The van der Waals surface area contributed by atoms with E-state index in [9.17, 15) is 0 Å². The van der Waals surface area contributed by atoms with Crippen LogP contribution >= 0.6 is 0 Å². The molecule has 4 atom stereocenters. The van der Waals surface area contributed by atoms with E-state index in [0.717, 1.165) is 19.3 Å². The first-order valence-electron chi connectivity index (χ1n) is 27.9. The molecule has 9 aromatic rings. The molecule has 15 rings (SSSR count). The maximum Gasteiger partial charge on any atom is 0.0960 e. The van der Waals surface area contributed by atoms with Gasteiger partial charge in [-0.15, -0.1) is 0 Å². The summed E-state index contributed by atoms with van der Waals surface area (Å²) in [5.74, 6) is 0.365. The number of hydrogen-bond acceptors (Lipinski definition) is 2. The van der Waals surface area contributed by atoms with Gasteiger partial charge in [-0.2, -0.15) is 0 Å². The highest BCUT2D eigenvalue weighted by Crippen LogP contribution is 2.65. The zero-order chi connectivity index (χ0) is 51.2. The van der Waals surface area contributed by atoms with E-state index in [2.05, 4.69) is 249 Å². The second kappa shape index (κ2) is 15.1. The van der Waals surface area contributed by atoms with Crippen molar-refractivity contribution in [3.63, 3.8) is 0 Å². The minimum Gasteiger partial charge on any atom is -0.330 e. The van der Waals surface area contributed by atoms with Crippen LogP contribution in [0.4, 0.5) is 22.7 Å². The van der Waals surface area contributed by atoms with Crippen LogP contribution in [-0.2, 0) is 28.2 Å². The van der Waals surface area contributed by atoms with Crippen LogP contribution in [0.3, 0.4) is 0 Å². The third-order valence-electron chi connectivity index (χ3n) is 19.8. The van der Waals surface area contributed by atoms with Crippen molar-refractivity contribution < 1.29 is 0 Å². The molecule has 2 heteroatoms. The largest absolute Gasteiger partial charge is 0.330 e. The number of hydrogen-bond donors (Lipinski definition) is 0. The van der Waals surface area contributed by atoms with Crippen LogP contribution in [0.25, 0.3) is 22.3 Å². The number of aryl methyl sites for hydroxylation is 4. The van der Waals surface area contributed by atoms with Crippen LogP contribution < -0.4 is 9.80 Å². The molecule has 0 aliphatic heterocycles. The maximum atomic E-state index is 2.63. The molecule has 0 heterocycles. The van der Waals surface area contributed by atoms with Crippen LogP contribution in [0, 0.1) is 27.7 Å². The van der Waals surface area contributed by atoms with Crippen LogP contribution in [0.2, 0.25) is 0 Å². The summed E-state index contributed by atoms with van der Waals surface area (Å²) in [7, 11) is 0. The first kappa shape index (κ1) is 45.0. The van der Waals surface area contributed by atoms with Gasteiger partial charge < -0.3 is 9.80 Å². The number of nitrogens with zero attached hydrogens (tertiary/aromatic N) is 2. The molecule has 2 nitrogen and oxygen atoms in total. The van der Waals surface area contributed by atoms with Gasteiger partial charge in [0, 0.05) is 44.9 Å². The second-order valence-electron chi connectivity index (χ2n) is 24.6. The van der Waals surface area contributed by atoms with Crippen molar-refractivity contribution in [2.75, 3.05) is 9.80 Å². The topological polar surface area (TPSA) is 6.48 Å². The van der Waals surface area contributed by atoms with E-state index in [0.29, 0.717) is 5.92 Å². The summed E-state index contributed by atoms with van der Waals surface area (Å²) in [6.45, 7) is 23.3. The van der Waals surface area contributed by atoms with E-state index >= 15 is 0 Å². The molecule has 0 saturated heterocycles. The fourth-order valence-corrected chi connectivity index (χ4v) is 15.1. The minimum atomic E-state index is -0.171. The van der Waals surface area contributed by atoms with Crippen molar-refractivity contribution in [2.45, 2.75) is 122 Å². The standard InChI is InChI=1S/C73H66N2/c1-11-72(41-47-33-53-55-35-59-60(38-63(55)71(9,10)64(53)39-61(47)72)69(59)74(49-25-13-42(3)14-26-49)50-27-15-43(4)16-28-50)48-23-21-46(22-24-48)68-57-34-54-56-36-66-67(40-65(56)70(7,8)62(54)37-58(57)68)73(66,12-2)75(51-29-17-44(5)18-30-51)52-31-19-45(6)20-32-52/h13-40,68-69H,11-12,41H2,1-10H3. The third kappa shape index (κ3) is 6.09. The zero-order valence-electron chi connectivity index (χ0n) is 45.3. The fraction of sp³-hybridized carbons (Fsp3) is 0.260. The Kier molecular flexibility index (Phi) is 9.08. The molecule has 0 amide bonds. The van der Waals surface area contributed by atoms with E-state index in [-0.39, 0.29) is 27.8 Å². The molecular formula is C73H66N2. The molecule has 0 N–H and O–H groups in total. The van der Waals surface area contributed by atoms with Crippen LogP contribution in [0.1, 0.15) is 166 Å². The van der Waals surface area contributed by atoms with Gasteiger partial charge in [-0.1, -0.05) is 167 Å². The molecule has 9 aromatic carbocycles. The van der Waals surface area contributed by atoms with Crippen molar-refractivity contribution >= 4 is 22.7 Å². The summed E-state index contributed by atoms with van der Waals surface area (Å²) in [4.78, 5) is 5.17.